The Balaban J connectivity index is 1.39. The number of carbonyl (C=O) groups is 1. The molecule has 0 N–H and O–H groups in total. The lowest BCUT2D eigenvalue weighted by Crippen LogP contribution is -2.53. The molecule has 1 amide bonds. The highest BCUT2D eigenvalue weighted by molar-refractivity contribution is 7.89. The number of piperazine rings is 1. The molecule has 0 saturated carbocycles. The summed E-state index contributed by atoms with van der Waals surface area (Å²) in [5, 5.41) is 0.703. The number of nitrogens with zero attached hydrogens (tertiary/aromatic N) is 3. The van der Waals surface area contributed by atoms with Crippen molar-refractivity contribution < 1.29 is 17.9 Å². The molecule has 33 heavy (non-hydrogen) atoms. The fourth-order valence-corrected chi connectivity index (χ4v) is 6.30. The molecular weight excluding hydrogens is 462 g/mol. The maximum atomic E-state index is 13.3. The first kappa shape index (κ1) is 23.9. The SMILES string of the molecule is COc1ccc(S(=O)(=O)N2CCCC(C(=O)N3CCN(c4cc(Cl)ccc4C)CC3)C2)cc1. The molecule has 2 fully saturated rings. The van der Waals surface area contributed by atoms with Crippen molar-refractivity contribution in [1.82, 2.24) is 9.21 Å². The molecule has 0 aliphatic carbocycles. The Kier molecular flexibility index (Phi) is 7.16. The highest BCUT2D eigenvalue weighted by Crippen LogP contribution is 2.28. The number of methoxy groups -OCH3 is 1. The third-order valence-corrected chi connectivity index (χ3v) is 8.65. The fraction of sp³-hybridized carbons (Fsp3) is 0.458. The Morgan fingerprint density at radius 2 is 1.73 bits per heavy atom. The summed E-state index contributed by atoms with van der Waals surface area (Å²) >= 11 is 6.18. The number of anilines is 1. The van der Waals surface area contributed by atoms with Crippen LogP contribution >= 0.6 is 11.6 Å². The minimum absolute atomic E-state index is 0.0482. The van der Waals surface area contributed by atoms with Crippen LogP contribution in [0.2, 0.25) is 5.02 Å². The van der Waals surface area contributed by atoms with E-state index in [0.717, 1.165) is 24.3 Å². The average Bonchev–Trinajstić information content (AvgIpc) is 2.85. The van der Waals surface area contributed by atoms with Crippen LogP contribution < -0.4 is 9.64 Å². The molecular formula is C24H30ClN3O4S. The molecule has 2 heterocycles. The number of benzene rings is 2. The van der Waals surface area contributed by atoms with Crippen LogP contribution in [0, 0.1) is 12.8 Å². The Bertz CT molecular complexity index is 1100. The summed E-state index contributed by atoms with van der Waals surface area (Å²) in [6.07, 6.45) is 1.38. The van der Waals surface area contributed by atoms with Gasteiger partial charge in [0.2, 0.25) is 15.9 Å². The first-order valence-electron chi connectivity index (χ1n) is 11.2. The zero-order chi connectivity index (χ0) is 23.6. The van der Waals surface area contributed by atoms with Crippen LogP contribution in [0.1, 0.15) is 18.4 Å². The molecule has 1 atom stereocenters. The van der Waals surface area contributed by atoms with Crippen LogP contribution in [0.15, 0.2) is 47.4 Å². The highest BCUT2D eigenvalue weighted by Gasteiger charge is 2.36. The molecule has 4 rings (SSSR count). The van der Waals surface area contributed by atoms with Gasteiger partial charge < -0.3 is 14.5 Å². The quantitative estimate of drug-likeness (QED) is 0.641. The smallest absolute Gasteiger partial charge is 0.243 e. The van der Waals surface area contributed by atoms with Crippen LogP contribution in [0.5, 0.6) is 5.75 Å². The maximum absolute atomic E-state index is 13.3. The average molecular weight is 492 g/mol. The third kappa shape index (κ3) is 5.13. The minimum atomic E-state index is -3.65. The lowest BCUT2D eigenvalue weighted by molar-refractivity contribution is -0.137. The third-order valence-electron chi connectivity index (χ3n) is 6.53. The van der Waals surface area contributed by atoms with Gasteiger partial charge in [0.1, 0.15) is 5.75 Å². The molecule has 2 aromatic rings. The van der Waals surface area contributed by atoms with Gasteiger partial charge in [0.25, 0.3) is 0 Å². The summed E-state index contributed by atoms with van der Waals surface area (Å²) in [4.78, 5) is 17.6. The lowest BCUT2D eigenvalue weighted by Gasteiger charge is -2.40. The van der Waals surface area contributed by atoms with Gasteiger partial charge in [0.15, 0.2) is 0 Å². The van der Waals surface area contributed by atoms with E-state index in [1.165, 1.54) is 4.31 Å². The first-order valence-corrected chi connectivity index (χ1v) is 13.1. The number of carbonyl (C=O) groups excluding carboxylic acids is 1. The Hall–Kier alpha value is -2.29. The van der Waals surface area contributed by atoms with E-state index in [2.05, 4.69) is 11.8 Å². The van der Waals surface area contributed by atoms with Crippen LogP contribution in [-0.4, -0.2) is 69.9 Å². The number of piperidine rings is 1. The molecule has 178 valence electrons. The Morgan fingerprint density at radius 3 is 2.39 bits per heavy atom. The van der Waals surface area contributed by atoms with Gasteiger partial charge in [-0.1, -0.05) is 17.7 Å². The highest BCUT2D eigenvalue weighted by atomic mass is 35.5. The van der Waals surface area contributed by atoms with Crippen LogP contribution in [-0.2, 0) is 14.8 Å². The van der Waals surface area contributed by atoms with Crippen molar-refractivity contribution >= 4 is 33.2 Å². The number of sulfonamides is 1. The Labute approximate surface area is 200 Å². The number of hydrogen-bond donors (Lipinski definition) is 0. The normalized spacial score (nSPS) is 20.0. The van der Waals surface area contributed by atoms with Gasteiger partial charge >= 0.3 is 0 Å². The predicted molar refractivity (Wildman–Crippen MR) is 129 cm³/mol. The molecule has 2 aliphatic heterocycles. The second-order valence-corrected chi connectivity index (χ2v) is 11.0. The number of halogens is 1. The molecule has 0 aromatic heterocycles. The molecule has 2 aromatic carbocycles. The molecule has 0 radical (unpaired) electrons. The van der Waals surface area contributed by atoms with Crippen molar-refractivity contribution in [3.63, 3.8) is 0 Å². The van der Waals surface area contributed by atoms with Crippen molar-refractivity contribution in [2.45, 2.75) is 24.7 Å². The van der Waals surface area contributed by atoms with Crippen molar-refractivity contribution in [1.29, 1.82) is 0 Å². The minimum Gasteiger partial charge on any atom is -0.497 e. The fourth-order valence-electron chi connectivity index (χ4n) is 4.61. The number of rotatable bonds is 5. The molecule has 0 spiro atoms. The van der Waals surface area contributed by atoms with Gasteiger partial charge in [-0.05, 0) is 61.7 Å². The second kappa shape index (κ2) is 9.91. The van der Waals surface area contributed by atoms with Gasteiger partial charge in [-0.25, -0.2) is 8.42 Å². The summed E-state index contributed by atoms with van der Waals surface area (Å²) in [7, 11) is -2.11. The van der Waals surface area contributed by atoms with Crippen molar-refractivity contribution in [3.8, 4) is 5.75 Å². The number of aryl methyl sites for hydroxylation is 1. The molecule has 1 unspecified atom stereocenters. The second-order valence-electron chi connectivity index (χ2n) is 8.62. The van der Waals surface area contributed by atoms with E-state index < -0.39 is 10.0 Å². The maximum Gasteiger partial charge on any atom is 0.243 e. The summed E-state index contributed by atoms with van der Waals surface area (Å²) in [6.45, 7) is 5.41. The predicted octanol–water partition coefficient (Wildman–Crippen LogP) is 3.41. The van der Waals surface area contributed by atoms with Crippen molar-refractivity contribution in [2.24, 2.45) is 5.92 Å². The molecule has 7 nitrogen and oxygen atoms in total. The van der Waals surface area contributed by atoms with Gasteiger partial charge in [-0.3, -0.25) is 4.79 Å². The van der Waals surface area contributed by atoms with Crippen LogP contribution in [0.25, 0.3) is 0 Å². The molecule has 2 aliphatic rings. The van der Waals surface area contributed by atoms with Gasteiger partial charge in [-0.15, -0.1) is 0 Å². The van der Waals surface area contributed by atoms with Crippen molar-refractivity contribution in [3.05, 3.63) is 53.1 Å². The summed E-state index contributed by atoms with van der Waals surface area (Å²) in [6, 6.07) is 12.2. The number of ether oxygens (including phenoxy) is 1. The van der Waals surface area contributed by atoms with E-state index in [4.69, 9.17) is 16.3 Å². The zero-order valence-corrected chi connectivity index (χ0v) is 20.6. The summed E-state index contributed by atoms with van der Waals surface area (Å²) < 4.78 is 32.8. The molecule has 0 bridgehead atoms. The lowest BCUT2D eigenvalue weighted by atomic mass is 9.97. The van der Waals surface area contributed by atoms with E-state index in [-0.39, 0.29) is 23.3 Å². The topological polar surface area (TPSA) is 70.2 Å². The summed E-state index contributed by atoms with van der Waals surface area (Å²) in [5.41, 5.74) is 2.26. The number of amides is 1. The van der Waals surface area contributed by atoms with Gasteiger partial charge in [-0.2, -0.15) is 4.31 Å². The van der Waals surface area contributed by atoms with Gasteiger partial charge in [0.05, 0.1) is 17.9 Å². The molecule has 2 saturated heterocycles. The van der Waals surface area contributed by atoms with E-state index in [1.807, 2.05) is 23.1 Å². The molecule has 9 heteroatoms. The van der Waals surface area contributed by atoms with Crippen molar-refractivity contribution in [2.75, 3.05) is 51.3 Å². The first-order chi connectivity index (χ1) is 15.8. The van der Waals surface area contributed by atoms with E-state index in [9.17, 15) is 13.2 Å². The summed E-state index contributed by atoms with van der Waals surface area (Å²) in [5.74, 6) is 0.339. The number of hydrogen-bond acceptors (Lipinski definition) is 5. The van der Waals surface area contributed by atoms with E-state index in [0.29, 0.717) is 43.2 Å². The van der Waals surface area contributed by atoms with E-state index >= 15 is 0 Å². The van der Waals surface area contributed by atoms with Crippen LogP contribution in [0.3, 0.4) is 0 Å². The monoisotopic (exact) mass is 491 g/mol. The van der Waals surface area contributed by atoms with Gasteiger partial charge in [0, 0.05) is 50.0 Å². The van der Waals surface area contributed by atoms with E-state index in [1.54, 1.807) is 31.4 Å². The zero-order valence-electron chi connectivity index (χ0n) is 19.0. The largest absolute Gasteiger partial charge is 0.497 e. The standard InChI is InChI=1S/C24H30ClN3O4S/c1-18-5-6-20(25)16-23(18)26-12-14-27(15-13-26)24(29)19-4-3-11-28(17-19)33(30,31)22-9-7-21(32-2)8-10-22/h5-10,16,19H,3-4,11-15,17H2,1-2H3. The van der Waals surface area contributed by atoms with Crippen LogP contribution in [0.4, 0.5) is 5.69 Å². The Morgan fingerprint density at radius 1 is 1.03 bits per heavy atom.